The molecule has 1 aromatic carbocycles. The molecule has 2 N–H and O–H groups in total. The normalized spacial score (nSPS) is 15.7. The van der Waals surface area contributed by atoms with Crippen LogP contribution >= 0.6 is 11.6 Å². The van der Waals surface area contributed by atoms with Crippen LogP contribution in [0.4, 0.5) is 0 Å². The Morgan fingerprint density at radius 1 is 1.27 bits per heavy atom. The maximum absolute atomic E-state index is 12.7. The molecular formula is C21H15ClN2O6. The van der Waals surface area contributed by atoms with E-state index >= 15 is 0 Å². The van der Waals surface area contributed by atoms with Gasteiger partial charge in [0.05, 0.1) is 23.7 Å². The van der Waals surface area contributed by atoms with Gasteiger partial charge in [0, 0.05) is 11.1 Å². The molecule has 1 aliphatic heterocycles. The Morgan fingerprint density at radius 2 is 2.00 bits per heavy atom. The monoisotopic (exact) mass is 426 g/mol. The number of carboxylic acid groups (broad SMARTS) is 1. The lowest BCUT2D eigenvalue weighted by Gasteiger charge is -2.26. The lowest BCUT2D eigenvalue weighted by Crippen LogP contribution is -2.44. The van der Waals surface area contributed by atoms with Gasteiger partial charge in [0.1, 0.15) is 23.2 Å². The van der Waals surface area contributed by atoms with E-state index in [2.05, 4.69) is 0 Å². The fraction of sp³-hybridized carbons (Fsp3) is 0.143. The Labute approximate surface area is 175 Å². The van der Waals surface area contributed by atoms with Crippen molar-refractivity contribution in [2.45, 2.75) is 6.92 Å². The molecule has 0 fully saturated rings. The van der Waals surface area contributed by atoms with Gasteiger partial charge in [0.2, 0.25) is 0 Å². The topological polar surface area (TPSA) is 132 Å². The zero-order chi connectivity index (χ0) is 22.0. The molecule has 8 nitrogen and oxygen atoms in total. The van der Waals surface area contributed by atoms with Crippen molar-refractivity contribution in [3.05, 3.63) is 63.4 Å². The van der Waals surface area contributed by atoms with Gasteiger partial charge >= 0.3 is 5.97 Å². The molecule has 2 aromatic rings. The molecular weight excluding hydrogens is 412 g/mol. The highest BCUT2D eigenvalue weighted by molar-refractivity contribution is 6.33. The van der Waals surface area contributed by atoms with Crippen LogP contribution in [-0.2, 0) is 9.59 Å². The average Bonchev–Trinajstić information content (AvgIpc) is 3.18. The van der Waals surface area contributed by atoms with Crippen LogP contribution in [-0.4, -0.2) is 46.0 Å². The molecule has 0 aliphatic carbocycles. The zero-order valence-corrected chi connectivity index (χ0v) is 16.4. The van der Waals surface area contributed by atoms with Crippen LogP contribution in [0.5, 0.6) is 0 Å². The number of carbonyl (C=O) groups is 3. The summed E-state index contributed by atoms with van der Waals surface area (Å²) in [6.07, 6.45) is 1.39. The van der Waals surface area contributed by atoms with E-state index < -0.39 is 24.4 Å². The molecule has 0 bridgehead atoms. The van der Waals surface area contributed by atoms with Gasteiger partial charge in [-0.2, -0.15) is 5.26 Å². The number of aromatic carboxylic acids is 1. The van der Waals surface area contributed by atoms with Crippen LogP contribution in [0.1, 0.15) is 23.0 Å². The smallest absolute Gasteiger partial charge is 0.337 e. The van der Waals surface area contributed by atoms with Gasteiger partial charge in [-0.05, 0) is 48.9 Å². The number of aliphatic hydroxyl groups is 1. The van der Waals surface area contributed by atoms with Crippen LogP contribution < -0.4 is 0 Å². The van der Waals surface area contributed by atoms with Crippen molar-refractivity contribution in [2.24, 2.45) is 0 Å². The summed E-state index contributed by atoms with van der Waals surface area (Å²) in [5.41, 5.74) is 0.494. The number of aliphatic hydroxyl groups excluding tert-OH is 1. The summed E-state index contributed by atoms with van der Waals surface area (Å²) < 4.78 is 5.71. The number of amides is 2. The number of nitriles is 1. The maximum atomic E-state index is 12.7. The summed E-state index contributed by atoms with van der Waals surface area (Å²) in [5, 5.41) is 27.7. The first kappa shape index (κ1) is 21.0. The van der Waals surface area contributed by atoms with E-state index in [0.29, 0.717) is 11.3 Å². The maximum Gasteiger partial charge on any atom is 0.337 e. The van der Waals surface area contributed by atoms with E-state index in [1.807, 2.05) is 0 Å². The van der Waals surface area contributed by atoms with Crippen molar-refractivity contribution in [1.29, 1.82) is 5.26 Å². The first-order valence-corrected chi connectivity index (χ1v) is 9.09. The molecule has 1 aliphatic rings. The number of carboxylic acids is 1. The van der Waals surface area contributed by atoms with E-state index in [0.717, 1.165) is 4.90 Å². The number of rotatable bonds is 5. The molecule has 1 aromatic heterocycles. The van der Waals surface area contributed by atoms with Crippen LogP contribution in [0, 0.1) is 11.3 Å². The number of imide groups is 1. The predicted octanol–water partition coefficient (Wildman–Crippen LogP) is 2.88. The van der Waals surface area contributed by atoms with Gasteiger partial charge < -0.3 is 14.6 Å². The van der Waals surface area contributed by atoms with Gasteiger partial charge in [0.25, 0.3) is 11.8 Å². The average molecular weight is 427 g/mol. The van der Waals surface area contributed by atoms with E-state index in [1.165, 1.54) is 25.1 Å². The van der Waals surface area contributed by atoms with Gasteiger partial charge in [-0.25, -0.2) is 4.79 Å². The molecule has 0 spiro atoms. The Morgan fingerprint density at radius 3 is 2.63 bits per heavy atom. The van der Waals surface area contributed by atoms with E-state index in [4.69, 9.17) is 21.1 Å². The fourth-order valence-electron chi connectivity index (χ4n) is 3.00. The number of β-amino-alcohol motifs (C(OH)–C–C–N with tert-alkyl or cyclic N) is 1. The summed E-state index contributed by atoms with van der Waals surface area (Å²) in [5.74, 6) is -1.98. The van der Waals surface area contributed by atoms with Crippen molar-refractivity contribution < 1.29 is 29.0 Å². The van der Waals surface area contributed by atoms with E-state index in [1.54, 1.807) is 24.3 Å². The molecule has 0 unspecified atom stereocenters. The van der Waals surface area contributed by atoms with Crippen LogP contribution in [0.15, 0.2) is 51.5 Å². The molecule has 152 valence electrons. The van der Waals surface area contributed by atoms with Crippen LogP contribution in [0.3, 0.4) is 0 Å². The number of furan rings is 1. The van der Waals surface area contributed by atoms with Crippen molar-refractivity contribution in [2.75, 3.05) is 13.2 Å². The Kier molecular flexibility index (Phi) is 5.87. The lowest BCUT2D eigenvalue weighted by atomic mass is 9.95. The third-order valence-corrected chi connectivity index (χ3v) is 4.87. The minimum atomic E-state index is -1.18. The van der Waals surface area contributed by atoms with Crippen molar-refractivity contribution >= 4 is 35.5 Å². The second-order valence-electron chi connectivity index (χ2n) is 6.36. The van der Waals surface area contributed by atoms with Crippen LogP contribution in [0.25, 0.3) is 17.4 Å². The Hall–Kier alpha value is -3.67. The highest BCUT2D eigenvalue weighted by atomic mass is 35.5. The number of hydrogen-bond donors (Lipinski definition) is 2. The van der Waals surface area contributed by atoms with E-state index in [-0.39, 0.29) is 39.6 Å². The molecule has 0 saturated carbocycles. The highest BCUT2D eigenvalue weighted by Crippen LogP contribution is 2.30. The second kappa shape index (κ2) is 8.37. The molecule has 9 heteroatoms. The first-order valence-electron chi connectivity index (χ1n) is 8.71. The quantitative estimate of drug-likeness (QED) is 0.554. The van der Waals surface area contributed by atoms with Crippen molar-refractivity contribution in [3.8, 4) is 17.4 Å². The number of halogens is 1. The molecule has 2 heterocycles. The third-order valence-electron chi connectivity index (χ3n) is 4.54. The third kappa shape index (κ3) is 3.76. The fourth-order valence-corrected chi connectivity index (χ4v) is 3.20. The minimum absolute atomic E-state index is 0.0801. The van der Waals surface area contributed by atoms with Crippen molar-refractivity contribution in [3.63, 3.8) is 0 Å². The number of hydrogen-bond acceptors (Lipinski definition) is 6. The summed E-state index contributed by atoms with van der Waals surface area (Å²) in [6.45, 7) is 0.814. The number of carbonyl (C=O) groups excluding carboxylic acids is 2. The van der Waals surface area contributed by atoms with Gasteiger partial charge in [-0.1, -0.05) is 11.6 Å². The minimum Gasteiger partial charge on any atom is -0.478 e. The Bertz CT molecular complexity index is 1170. The summed E-state index contributed by atoms with van der Waals surface area (Å²) in [4.78, 5) is 37.0. The highest BCUT2D eigenvalue weighted by Gasteiger charge is 2.35. The van der Waals surface area contributed by atoms with Crippen molar-refractivity contribution in [1.82, 2.24) is 4.90 Å². The SMILES string of the molecule is CC1=C(C#N)C(=O)N(CCO)C(=O)C1=Cc1ccc(-c2ccc(Cl)c(C(=O)O)c2)o1. The lowest BCUT2D eigenvalue weighted by molar-refractivity contribution is -0.141. The van der Waals surface area contributed by atoms with Gasteiger partial charge in [-0.15, -0.1) is 0 Å². The van der Waals surface area contributed by atoms with Gasteiger partial charge in [0.15, 0.2) is 0 Å². The molecule has 0 saturated heterocycles. The largest absolute Gasteiger partial charge is 0.478 e. The molecule has 0 radical (unpaired) electrons. The predicted molar refractivity (Wildman–Crippen MR) is 106 cm³/mol. The molecule has 0 atom stereocenters. The van der Waals surface area contributed by atoms with Gasteiger partial charge in [-0.3, -0.25) is 14.5 Å². The number of benzene rings is 1. The molecule has 30 heavy (non-hydrogen) atoms. The summed E-state index contributed by atoms with van der Waals surface area (Å²) in [6, 6.07) is 9.36. The second-order valence-corrected chi connectivity index (χ2v) is 6.76. The van der Waals surface area contributed by atoms with Crippen LogP contribution in [0.2, 0.25) is 5.02 Å². The summed E-state index contributed by atoms with van der Waals surface area (Å²) >= 11 is 5.88. The zero-order valence-electron chi connectivity index (χ0n) is 15.7. The van der Waals surface area contributed by atoms with E-state index in [9.17, 15) is 24.8 Å². The summed E-state index contributed by atoms with van der Waals surface area (Å²) in [7, 11) is 0. The Balaban J connectivity index is 2.03. The standard InChI is InChI=1S/C21H15ClN2O6/c1-11-14(19(26)24(6-7-25)20(27)16(11)10-23)9-13-3-5-18(30-13)12-2-4-17(22)15(8-12)21(28)29/h2-5,8-9,25H,6-7H2,1H3,(H,28,29). The number of nitrogens with zero attached hydrogens (tertiary/aromatic N) is 2. The molecule has 2 amide bonds. The molecule has 3 rings (SSSR count). The first-order chi connectivity index (χ1) is 14.3.